The van der Waals surface area contributed by atoms with E-state index in [1.54, 1.807) is 0 Å². The van der Waals surface area contributed by atoms with Crippen LogP contribution in [0.4, 0.5) is 0 Å². The van der Waals surface area contributed by atoms with Crippen molar-refractivity contribution in [3.8, 4) is 11.5 Å². The first-order valence-corrected chi connectivity index (χ1v) is 12.2. The second-order valence-corrected chi connectivity index (χ2v) is 9.33. The van der Waals surface area contributed by atoms with E-state index in [2.05, 4.69) is 137 Å². The standard InChI is InChI=1S/C33H21N3/c1-2-10-25(11-3-1)35-19-18-24-20-28-27-16-14-22-8-4-6-12-26(22)33(27)36(31(28)21-30(24)35)32-17-15-23-9-5-7-13-29(23)34-32/h1-21H. The van der Waals surface area contributed by atoms with Crippen molar-refractivity contribution in [1.82, 2.24) is 14.1 Å². The largest absolute Gasteiger partial charge is 0.316 e. The average Bonchev–Trinajstić information content (AvgIpc) is 3.50. The van der Waals surface area contributed by atoms with E-state index in [1.165, 1.54) is 38.0 Å². The van der Waals surface area contributed by atoms with E-state index < -0.39 is 0 Å². The molecule has 0 saturated heterocycles. The summed E-state index contributed by atoms with van der Waals surface area (Å²) in [5.41, 5.74) is 5.70. The molecule has 0 atom stereocenters. The minimum atomic E-state index is 0.933. The van der Waals surface area contributed by atoms with E-state index in [9.17, 15) is 0 Å². The van der Waals surface area contributed by atoms with Gasteiger partial charge in [-0.1, -0.05) is 72.8 Å². The maximum atomic E-state index is 5.13. The van der Waals surface area contributed by atoms with Gasteiger partial charge in [0.15, 0.2) is 0 Å². The van der Waals surface area contributed by atoms with Crippen LogP contribution in [0.3, 0.4) is 0 Å². The van der Waals surface area contributed by atoms with E-state index in [0.29, 0.717) is 0 Å². The van der Waals surface area contributed by atoms with Crippen molar-refractivity contribution in [3.63, 3.8) is 0 Å². The zero-order valence-electron chi connectivity index (χ0n) is 19.5. The Bertz CT molecular complexity index is 2100. The molecule has 168 valence electrons. The smallest absolute Gasteiger partial charge is 0.138 e. The SMILES string of the molecule is c1ccc(-n2ccc3cc4c5ccc6ccccc6c5n(-c5ccc6ccccc6n5)c4cc32)cc1. The van der Waals surface area contributed by atoms with Crippen LogP contribution in [0.5, 0.6) is 0 Å². The number of pyridine rings is 1. The second-order valence-electron chi connectivity index (χ2n) is 9.33. The summed E-state index contributed by atoms with van der Waals surface area (Å²) >= 11 is 0. The fourth-order valence-electron chi connectivity index (χ4n) is 5.64. The van der Waals surface area contributed by atoms with E-state index in [0.717, 1.165) is 27.9 Å². The van der Waals surface area contributed by atoms with Gasteiger partial charge in [-0.2, -0.15) is 0 Å². The molecule has 0 spiro atoms. The van der Waals surface area contributed by atoms with Crippen LogP contribution in [0.1, 0.15) is 0 Å². The Morgan fingerprint density at radius 2 is 1.28 bits per heavy atom. The quantitative estimate of drug-likeness (QED) is 0.254. The number of aromatic nitrogens is 3. The number of fused-ring (bicyclic) bond motifs is 7. The van der Waals surface area contributed by atoms with Crippen LogP contribution in [0.2, 0.25) is 0 Å². The lowest BCUT2D eigenvalue weighted by Crippen LogP contribution is -1.98. The van der Waals surface area contributed by atoms with Gasteiger partial charge in [0.1, 0.15) is 5.82 Å². The third-order valence-electron chi connectivity index (χ3n) is 7.31. The highest BCUT2D eigenvalue weighted by atomic mass is 15.1. The highest BCUT2D eigenvalue weighted by Crippen LogP contribution is 2.38. The van der Waals surface area contributed by atoms with Crippen LogP contribution in [0, 0.1) is 0 Å². The molecule has 0 bridgehead atoms. The topological polar surface area (TPSA) is 22.8 Å². The van der Waals surface area contributed by atoms with Crippen LogP contribution in [0.25, 0.3) is 65.9 Å². The van der Waals surface area contributed by atoms with Gasteiger partial charge < -0.3 is 4.57 Å². The van der Waals surface area contributed by atoms with Gasteiger partial charge in [0.2, 0.25) is 0 Å². The predicted octanol–water partition coefficient (Wildman–Crippen LogP) is 8.43. The summed E-state index contributed by atoms with van der Waals surface area (Å²) in [5.74, 6) is 0.933. The van der Waals surface area contributed by atoms with Crippen LogP contribution in [-0.4, -0.2) is 14.1 Å². The minimum absolute atomic E-state index is 0.933. The number of benzene rings is 5. The number of para-hydroxylation sites is 2. The third-order valence-corrected chi connectivity index (χ3v) is 7.31. The highest BCUT2D eigenvalue weighted by Gasteiger charge is 2.18. The summed E-state index contributed by atoms with van der Waals surface area (Å²) < 4.78 is 4.62. The van der Waals surface area contributed by atoms with E-state index in [1.807, 2.05) is 0 Å². The molecule has 0 unspecified atom stereocenters. The van der Waals surface area contributed by atoms with Crippen LogP contribution in [-0.2, 0) is 0 Å². The van der Waals surface area contributed by atoms with Crippen molar-refractivity contribution in [2.45, 2.75) is 0 Å². The van der Waals surface area contributed by atoms with Crippen molar-refractivity contribution < 1.29 is 0 Å². The molecule has 8 aromatic rings. The number of rotatable bonds is 2. The molecule has 0 aliphatic rings. The Labute approximate surface area is 207 Å². The first-order chi connectivity index (χ1) is 17.8. The molecule has 3 aromatic heterocycles. The van der Waals surface area contributed by atoms with Gasteiger partial charge in [0, 0.05) is 38.8 Å². The third kappa shape index (κ3) is 2.71. The molecule has 0 amide bonds. The van der Waals surface area contributed by atoms with Gasteiger partial charge in [-0.3, -0.25) is 4.57 Å². The first kappa shape index (κ1) is 19.4. The Morgan fingerprint density at radius 1 is 0.500 bits per heavy atom. The maximum Gasteiger partial charge on any atom is 0.138 e. The van der Waals surface area contributed by atoms with Crippen molar-refractivity contribution in [3.05, 3.63) is 128 Å². The number of hydrogen-bond acceptors (Lipinski definition) is 1. The molecule has 0 radical (unpaired) electrons. The summed E-state index contributed by atoms with van der Waals surface area (Å²) in [7, 11) is 0. The Hall–Kier alpha value is -4.89. The van der Waals surface area contributed by atoms with Crippen molar-refractivity contribution in [2.24, 2.45) is 0 Å². The fourth-order valence-corrected chi connectivity index (χ4v) is 5.64. The number of nitrogens with zero attached hydrogens (tertiary/aromatic N) is 3. The molecule has 3 nitrogen and oxygen atoms in total. The lowest BCUT2D eigenvalue weighted by atomic mass is 10.1. The minimum Gasteiger partial charge on any atom is -0.316 e. The van der Waals surface area contributed by atoms with Gasteiger partial charge in [-0.15, -0.1) is 0 Å². The summed E-state index contributed by atoms with van der Waals surface area (Å²) in [4.78, 5) is 5.13. The fraction of sp³-hybridized carbons (Fsp3) is 0. The second kappa shape index (κ2) is 7.30. The molecule has 0 saturated carbocycles. The van der Waals surface area contributed by atoms with E-state index in [4.69, 9.17) is 4.98 Å². The molecular weight excluding hydrogens is 438 g/mol. The van der Waals surface area contributed by atoms with Gasteiger partial charge in [0.25, 0.3) is 0 Å². The van der Waals surface area contributed by atoms with Crippen molar-refractivity contribution in [2.75, 3.05) is 0 Å². The summed E-state index contributed by atoms with van der Waals surface area (Å²) in [6.45, 7) is 0. The molecule has 0 N–H and O–H groups in total. The monoisotopic (exact) mass is 459 g/mol. The first-order valence-electron chi connectivity index (χ1n) is 12.2. The van der Waals surface area contributed by atoms with Gasteiger partial charge in [-0.25, -0.2) is 4.98 Å². The highest BCUT2D eigenvalue weighted by molar-refractivity contribution is 6.20. The molecular formula is C33H21N3. The lowest BCUT2D eigenvalue weighted by molar-refractivity contribution is 1.10. The molecule has 36 heavy (non-hydrogen) atoms. The van der Waals surface area contributed by atoms with Crippen molar-refractivity contribution in [1.29, 1.82) is 0 Å². The Balaban J connectivity index is 1.55. The summed E-state index contributed by atoms with van der Waals surface area (Å²) in [6.07, 6.45) is 2.16. The van der Waals surface area contributed by atoms with Gasteiger partial charge in [-0.05, 0) is 53.9 Å². The molecule has 5 aromatic carbocycles. The zero-order valence-corrected chi connectivity index (χ0v) is 19.5. The molecule has 0 aliphatic heterocycles. The average molecular weight is 460 g/mol. The Kier molecular flexibility index (Phi) is 3.94. The maximum absolute atomic E-state index is 5.13. The molecule has 0 aliphatic carbocycles. The molecule has 3 heterocycles. The zero-order chi connectivity index (χ0) is 23.6. The molecule has 3 heteroatoms. The van der Waals surface area contributed by atoms with Crippen LogP contribution >= 0.6 is 0 Å². The molecule has 0 fully saturated rings. The Morgan fingerprint density at radius 3 is 2.19 bits per heavy atom. The van der Waals surface area contributed by atoms with E-state index in [-0.39, 0.29) is 0 Å². The lowest BCUT2D eigenvalue weighted by Gasteiger charge is -2.11. The van der Waals surface area contributed by atoms with Crippen molar-refractivity contribution >= 4 is 54.4 Å². The van der Waals surface area contributed by atoms with Crippen LogP contribution < -0.4 is 0 Å². The summed E-state index contributed by atoms with van der Waals surface area (Å²) in [6, 6.07) is 43.1. The van der Waals surface area contributed by atoms with Crippen LogP contribution in [0.15, 0.2) is 128 Å². The predicted molar refractivity (Wildman–Crippen MR) is 150 cm³/mol. The normalized spacial score (nSPS) is 11.9. The van der Waals surface area contributed by atoms with Gasteiger partial charge in [0.05, 0.1) is 22.1 Å². The molecule has 8 rings (SSSR count). The van der Waals surface area contributed by atoms with Gasteiger partial charge >= 0.3 is 0 Å². The summed E-state index contributed by atoms with van der Waals surface area (Å²) in [5, 5.41) is 7.32. The number of hydrogen-bond donors (Lipinski definition) is 0. The van der Waals surface area contributed by atoms with E-state index >= 15 is 0 Å².